The highest BCUT2D eigenvalue weighted by molar-refractivity contribution is 5.85. The molecule has 1 fully saturated rings. The molecule has 1 N–H and O–H groups in total. The van der Waals surface area contributed by atoms with Crippen molar-refractivity contribution >= 4 is 12.4 Å². The first kappa shape index (κ1) is 8.21. The van der Waals surface area contributed by atoms with Gasteiger partial charge in [0.2, 0.25) is 0 Å². The van der Waals surface area contributed by atoms with Crippen molar-refractivity contribution in [3.05, 3.63) is 0 Å². The maximum absolute atomic E-state index is 5.11. The van der Waals surface area contributed by atoms with E-state index in [4.69, 9.17) is 4.74 Å². The van der Waals surface area contributed by atoms with E-state index >= 15 is 0 Å². The smallest absolute Gasteiger partial charge is 0.0898 e. The number of hydrogen-bond donors (Lipinski definition) is 1. The molecule has 0 aliphatic carbocycles. The molecular formula is C5H12ClNO. The molecular weight excluding hydrogens is 126 g/mol. The van der Waals surface area contributed by atoms with Crippen LogP contribution in [0, 0.1) is 0 Å². The fourth-order valence-corrected chi connectivity index (χ4v) is 0.621. The lowest BCUT2D eigenvalue weighted by Crippen LogP contribution is -2.58. The van der Waals surface area contributed by atoms with Crippen molar-refractivity contribution in [3.8, 4) is 0 Å². The Hall–Kier alpha value is 0.210. The molecule has 0 aromatic rings. The predicted molar refractivity (Wildman–Crippen MR) is 35.5 cm³/mol. The molecule has 3 heteroatoms. The quantitative estimate of drug-likeness (QED) is 0.566. The number of halogens is 1. The Labute approximate surface area is 56.0 Å². The fraction of sp³-hybridized carbons (Fsp3) is 1.00. The fourth-order valence-electron chi connectivity index (χ4n) is 0.621. The number of nitrogens with one attached hydrogen (secondary N) is 1. The lowest BCUT2D eigenvalue weighted by atomic mass is 10.0. The minimum atomic E-state index is 0. The molecule has 50 valence electrons. The van der Waals surface area contributed by atoms with Crippen molar-refractivity contribution in [2.24, 2.45) is 0 Å². The van der Waals surface area contributed by atoms with E-state index in [9.17, 15) is 0 Å². The summed E-state index contributed by atoms with van der Waals surface area (Å²) in [5.41, 5.74) is 0.153. The van der Waals surface area contributed by atoms with E-state index < -0.39 is 0 Å². The van der Waals surface area contributed by atoms with Crippen molar-refractivity contribution in [3.63, 3.8) is 0 Å². The molecule has 1 rings (SSSR count). The van der Waals surface area contributed by atoms with Crippen molar-refractivity contribution in [1.29, 1.82) is 0 Å². The zero-order valence-corrected chi connectivity index (χ0v) is 6.05. The van der Waals surface area contributed by atoms with Crippen LogP contribution in [0.1, 0.15) is 6.92 Å². The average Bonchev–Trinajstić information content (AvgIpc) is 1.61. The molecule has 0 saturated carbocycles. The Morgan fingerprint density at radius 1 is 1.50 bits per heavy atom. The largest absolute Gasteiger partial charge is 0.376 e. The van der Waals surface area contributed by atoms with Crippen LogP contribution >= 0.6 is 12.4 Å². The van der Waals surface area contributed by atoms with E-state index in [1.54, 1.807) is 7.11 Å². The molecule has 0 aromatic carbocycles. The Morgan fingerprint density at radius 2 is 2.00 bits per heavy atom. The maximum atomic E-state index is 5.11. The van der Waals surface area contributed by atoms with Crippen LogP contribution < -0.4 is 5.32 Å². The van der Waals surface area contributed by atoms with Crippen LogP contribution in [0.25, 0.3) is 0 Å². The molecule has 0 bridgehead atoms. The van der Waals surface area contributed by atoms with Crippen molar-refractivity contribution < 1.29 is 4.74 Å². The van der Waals surface area contributed by atoms with Crippen LogP contribution in [0.3, 0.4) is 0 Å². The molecule has 0 radical (unpaired) electrons. The van der Waals surface area contributed by atoms with E-state index in [1.165, 1.54) is 0 Å². The third-order valence-corrected chi connectivity index (χ3v) is 1.49. The number of ether oxygens (including phenoxy) is 1. The van der Waals surface area contributed by atoms with Gasteiger partial charge in [0.05, 0.1) is 5.60 Å². The highest BCUT2D eigenvalue weighted by Crippen LogP contribution is 2.12. The van der Waals surface area contributed by atoms with Crippen LogP contribution in [0.2, 0.25) is 0 Å². The van der Waals surface area contributed by atoms with Crippen LogP contribution in [-0.2, 0) is 4.74 Å². The molecule has 0 aromatic heterocycles. The first-order chi connectivity index (χ1) is 3.27. The lowest BCUT2D eigenvalue weighted by molar-refractivity contribution is -0.0349. The van der Waals surface area contributed by atoms with E-state index in [1.807, 2.05) is 0 Å². The zero-order valence-electron chi connectivity index (χ0n) is 5.23. The minimum Gasteiger partial charge on any atom is -0.376 e. The summed E-state index contributed by atoms with van der Waals surface area (Å²) in [6.45, 7) is 4.11. The van der Waals surface area contributed by atoms with Gasteiger partial charge >= 0.3 is 0 Å². The second-order valence-corrected chi connectivity index (χ2v) is 2.26. The molecule has 1 aliphatic heterocycles. The first-order valence-corrected chi connectivity index (χ1v) is 2.53. The van der Waals surface area contributed by atoms with E-state index in [-0.39, 0.29) is 18.0 Å². The summed E-state index contributed by atoms with van der Waals surface area (Å²) in [6, 6.07) is 0. The molecule has 0 unspecified atom stereocenters. The molecule has 0 atom stereocenters. The van der Waals surface area contributed by atoms with Gasteiger partial charge in [-0.25, -0.2) is 0 Å². The van der Waals surface area contributed by atoms with Gasteiger partial charge in [-0.3, -0.25) is 0 Å². The highest BCUT2D eigenvalue weighted by atomic mass is 35.5. The summed E-state index contributed by atoms with van der Waals surface area (Å²) < 4.78 is 5.11. The molecule has 8 heavy (non-hydrogen) atoms. The Bertz CT molecular complexity index is 67.3. The third kappa shape index (κ3) is 1.34. The van der Waals surface area contributed by atoms with Crippen LogP contribution in [0.4, 0.5) is 0 Å². The van der Waals surface area contributed by atoms with E-state index in [0.717, 1.165) is 13.1 Å². The van der Waals surface area contributed by atoms with Gasteiger partial charge in [-0.2, -0.15) is 0 Å². The minimum absolute atomic E-state index is 0. The van der Waals surface area contributed by atoms with Gasteiger partial charge in [0.25, 0.3) is 0 Å². The van der Waals surface area contributed by atoms with E-state index in [0.29, 0.717) is 0 Å². The number of methoxy groups -OCH3 is 1. The SMILES string of the molecule is COC1(C)CNC1.Cl. The van der Waals surface area contributed by atoms with Crippen molar-refractivity contribution in [2.75, 3.05) is 20.2 Å². The predicted octanol–water partition coefficient (Wildman–Crippen LogP) is 0.416. The lowest BCUT2D eigenvalue weighted by Gasteiger charge is -2.37. The zero-order chi connectivity index (χ0) is 5.33. The molecule has 2 nitrogen and oxygen atoms in total. The highest BCUT2D eigenvalue weighted by Gasteiger charge is 2.30. The summed E-state index contributed by atoms with van der Waals surface area (Å²) in [6.07, 6.45) is 0. The molecule has 1 heterocycles. The summed E-state index contributed by atoms with van der Waals surface area (Å²) in [5, 5.41) is 3.13. The molecule has 1 aliphatic rings. The molecule has 0 spiro atoms. The normalized spacial score (nSPS) is 23.2. The molecule has 0 amide bonds. The van der Waals surface area contributed by atoms with Crippen molar-refractivity contribution in [1.82, 2.24) is 5.32 Å². The summed E-state index contributed by atoms with van der Waals surface area (Å²) in [5.74, 6) is 0. The summed E-state index contributed by atoms with van der Waals surface area (Å²) in [4.78, 5) is 0. The van der Waals surface area contributed by atoms with Crippen LogP contribution in [0.15, 0.2) is 0 Å². The van der Waals surface area contributed by atoms with Gasteiger partial charge in [0, 0.05) is 20.2 Å². The monoisotopic (exact) mass is 137 g/mol. The van der Waals surface area contributed by atoms with Gasteiger partial charge < -0.3 is 10.1 Å². The maximum Gasteiger partial charge on any atom is 0.0898 e. The molecule has 1 saturated heterocycles. The van der Waals surface area contributed by atoms with E-state index in [2.05, 4.69) is 12.2 Å². The second kappa shape index (κ2) is 2.67. The summed E-state index contributed by atoms with van der Waals surface area (Å²) >= 11 is 0. The van der Waals surface area contributed by atoms with Gasteiger partial charge in [-0.1, -0.05) is 0 Å². The standard InChI is InChI=1S/C5H11NO.ClH/c1-5(7-2)3-6-4-5;/h6H,3-4H2,1-2H3;1H. The van der Waals surface area contributed by atoms with Gasteiger partial charge in [-0.15, -0.1) is 12.4 Å². The van der Waals surface area contributed by atoms with Crippen LogP contribution in [0.5, 0.6) is 0 Å². The summed E-state index contributed by atoms with van der Waals surface area (Å²) in [7, 11) is 1.75. The third-order valence-electron chi connectivity index (χ3n) is 1.49. The Kier molecular flexibility index (Phi) is 2.74. The number of hydrogen-bond acceptors (Lipinski definition) is 2. The number of rotatable bonds is 1. The van der Waals surface area contributed by atoms with Gasteiger partial charge in [-0.05, 0) is 6.92 Å². The first-order valence-electron chi connectivity index (χ1n) is 2.53. The topological polar surface area (TPSA) is 21.3 Å². The Morgan fingerprint density at radius 3 is 2.00 bits per heavy atom. The van der Waals surface area contributed by atoms with Crippen molar-refractivity contribution in [2.45, 2.75) is 12.5 Å². The van der Waals surface area contributed by atoms with Crippen LogP contribution in [-0.4, -0.2) is 25.8 Å². The van der Waals surface area contributed by atoms with Gasteiger partial charge in [0.1, 0.15) is 0 Å². The Balaban J connectivity index is 0.000000490. The average molecular weight is 138 g/mol. The second-order valence-electron chi connectivity index (χ2n) is 2.26. The van der Waals surface area contributed by atoms with Gasteiger partial charge in [0.15, 0.2) is 0 Å².